The molecule has 0 radical (unpaired) electrons. The molecule has 4 nitrogen and oxygen atoms in total. The second-order valence-corrected chi connectivity index (χ2v) is 6.22. The van der Waals surface area contributed by atoms with Crippen LogP contribution < -0.4 is 4.90 Å². The molecule has 1 saturated heterocycles. The first-order chi connectivity index (χ1) is 9.99. The summed E-state index contributed by atoms with van der Waals surface area (Å²) < 4.78 is 0. The van der Waals surface area contributed by atoms with Crippen LogP contribution in [0, 0.1) is 5.92 Å². The monoisotopic (exact) mass is 290 g/mol. The van der Waals surface area contributed by atoms with Gasteiger partial charge in [0.1, 0.15) is 0 Å². The van der Waals surface area contributed by atoms with Gasteiger partial charge in [0.05, 0.1) is 12.6 Å². The largest absolute Gasteiger partial charge is 0.393 e. The molecule has 1 amide bonds. The van der Waals surface area contributed by atoms with Crippen molar-refractivity contribution >= 4 is 11.6 Å². The Kier molecular flexibility index (Phi) is 5.37. The summed E-state index contributed by atoms with van der Waals surface area (Å²) in [5.74, 6) is 0.421. The number of aliphatic hydroxyl groups is 1. The number of rotatable bonds is 5. The summed E-state index contributed by atoms with van der Waals surface area (Å²) in [4.78, 5) is 16.6. The van der Waals surface area contributed by atoms with Crippen LogP contribution in [0.4, 0.5) is 5.69 Å². The van der Waals surface area contributed by atoms with Crippen molar-refractivity contribution in [1.29, 1.82) is 0 Å². The van der Waals surface area contributed by atoms with E-state index in [1.807, 2.05) is 56.0 Å². The minimum atomic E-state index is -0.291. The van der Waals surface area contributed by atoms with Crippen molar-refractivity contribution in [3.8, 4) is 0 Å². The molecule has 116 valence electrons. The maximum Gasteiger partial charge on any atom is 0.241 e. The van der Waals surface area contributed by atoms with Gasteiger partial charge < -0.3 is 10.0 Å². The third-order valence-electron chi connectivity index (χ3n) is 4.17. The summed E-state index contributed by atoms with van der Waals surface area (Å²) in [5.41, 5.74) is 0.948. The number of carbonyl (C=O) groups is 1. The molecule has 1 aliphatic heterocycles. The number of aliphatic hydroxyl groups excluding tert-OH is 1. The van der Waals surface area contributed by atoms with E-state index in [-0.39, 0.29) is 18.1 Å². The van der Waals surface area contributed by atoms with Gasteiger partial charge in [-0.3, -0.25) is 9.69 Å². The second-order valence-electron chi connectivity index (χ2n) is 6.22. The standard InChI is InChI=1S/C17H26N2O2/c1-13(2)19(16-7-5-4-6-8-16)17(21)12-18-10-9-15(11-18)14(3)20/h4-8,13-15,20H,9-12H2,1-3H3. The molecule has 0 saturated carbocycles. The van der Waals surface area contributed by atoms with Crippen molar-refractivity contribution in [3.63, 3.8) is 0 Å². The van der Waals surface area contributed by atoms with Gasteiger partial charge in [-0.15, -0.1) is 0 Å². The van der Waals surface area contributed by atoms with E-state index >= 15 is 0 Å². The minimum absolute atomic E-state index is 0.127. The van der Waals surface area contributed by atoms with Crippen LogP contribution in [-0.4, -0.2) is 47.7 Å². The molecule has 1 N–H and O–H groups in total. The van der Waals surface area contributed by atoms with Crippen molar-refractivity contribution in [2.75, 3.05) is 24.5 Å². The molecule has 2 unspecified atom stereocenters. The third-order valence-corrected chi connectivity index (χ3v) is 4.17. The zero-order valence-electron chi connectivity index (χ0n) is 13.2. The molecule has 21 heavy (non-hydrogen) atoms. The lowest BCUT2D eigenvalue weighted by Crippen LogP contribution is -2.43. The zero-order valence-corrected chi connectivity index (χ0v) is 13.2. The van der Waals surface area contributed by atoms with Gasteiger partial charge in [0, 0.05) is 18.3 Å². The van der Waals surface area contributed by atoms with Gasteiger partial charge in [-0.25, -0.2) is 0 Å². The van der Waals surface area contributed by atoms with E-state index in [0.29, 0.717) is 12.5 Å². The van der Waals surface area contributed by atoms with Gasteiger partial charge in [-0.05, 0) is 51.8 Å². The summed E-state index contributed by atoms with van der Waals surface area (Å²) >= 11 is 0. The fourth-order valence-corrected chi connectivity index (χ4v) is 2.99. The van der Waals surface area contributed by atoms with Crippen LogP contribution in [0.1, 0.15) is 27.2 Å². The lowest BCUT2D eigenvalue weighted by atomic mass is 10.0. The van der Waals surface area contributed by atoms with E-state index in [9.17, 15) is 9.90 Å². The topological polar surface area (TPSA) is 43.8 Å². The maximum atomic E-state index is 12.6. The van der Waals surface area contributed by atoms with Crippen LogP contribution in [0.25, 0.3) is 0 Å². The number of hydrogen-bond donors (Lipinski definition) is 1. The van der Waals surface area contributed by atoms with Gasteiger partial charge in [-0.2, -0.15) is 0 Å². The molecule has 0 spiro atoms. The molecule has 2 atom stereocenters. The fraction of sp³-hybridized carbons (Fsp3) is 0.588. The molecule has 1 aromatic rings. The highest BCUT2D eigenvalue weighted by Gasteiger charge is 2.29. The van der Waals surface area contributed by atoms with Crippen LogP contribution >= 0.6 is 0 Å². The lowest BCUT2D eigenvalue weighted by Gasteiger charge is -2.29. The molecule has 4 heteroatoms. The van der Waals surface area contributed by atoms with Crippen LogP contribution in [0.15, 0.2) is 30.3 Å². The number of amides is 1. The van der Waals surface area contributed by atoms with Crippen LogP contribution in [0.3, 0.4) is 0 Å². The number of nitrogens with zero attached hydrogens (tertiary/aromatic N) is 2. The highest BCUT2D eigenvalue weighted by Crippen LogP contribution is 2.21. The number of anilines is 1. The highest BCUT2D eigenvalue weighted by atomic mass is 16.3. The van der Waals surface area contributed by atoms with Crippen LogP contribution in [-0.2, 0) is 4.79 Å². The highest BCUT2D eigenvalue weighted by molar-refractivity contribution is 5.95. The number of likely N-dealkylation sites (tertiary alicyclic amines) is 1. The van der Waals surface area contributed by atoms with Crippen molar-refractivity contribution in [2.24, 2.45) is 5.92 Å². The Balaban J connectivity index is 2.01. The molecule has 1 aliphatic rings. The molecular formula is C17H26N2O2. The zero-order chi connectivity index (χ0) is 15.4. The smallest absolute Gasteiger partial charge is 0.241 e. The quantitative estimate of drug-likeness (QED) is 0.903. The first-order valence-electron chi connectivity index (χ1n) is 7.76. The van der Waals surface area contributed by atoms with E-state index in [1.165, 1.54) is 0 Å². The van der Waals surface area contributed by atoms with Gasteiger partial charge in [0.15, 0.2) is 0 Å². The number of hydrogen-bond acceptors (Lipinski definition) is 3. The Morgan fingerprint density at radius 2 is 2.00 bits per heavy atom. The van der Waals surface area contributed by atoms with Crippen molar-refractivity contribution in [2.45, 2.75) is 39.3 Å². The predicted octanol–water partition coefficient (Wildman–Crippen LogP) is 2.13. The normalized spacial score (nSPS) is 20.7. The molecule has 0 bridgehead atoms. The molecule has 1 fully saturated rings. The van der Waals surface area contributed by atoms with Gasteiger partial charge in [-0.1, -0.05) is 18.2 Å². The molecular weight excluding hydrogens is 264 g/mol. The molecule has 0 aliphatic carbocycles. The number of benzene rings is 1. The Hall–Kier alpha value is -1.39. The molecule has 1 aromatic carbocycles. The fourth-order valence-electron chi connectivity index (χ4n) is 2.99. The average molecular weight is 290 g/mol. The minimum Gasteiger partial charge on any atom is -0.393 e. The predicted molar refractivity (Wildman–Crippen MR) is 85.3 cm³/mol. The molecule has 1 heterocycles. The third kappa shape index (κ3) is 4.05. The van der Waals surface area contributed by atoms with E-state index < -0.39 is 0 Å². The first-order valence-corrected chi connectivity index (χ1v) is 7.76. The van der Waals surface area contributed by atoms with Crippen molar-refractivity contribution in [1.82, 2.24) is 4.90 Å². The summed E-state index contributed by atoms with van der Waals surface area (Å²) in [5, 5.41) is 9.66. The van der Waals surface area contributed by atoms with Crippen LogP contribution in [0.2, 0.25) is 0 Å². The van der Waals surface area contributed by atoms with Crippen LogP contribution in [0.5, 0.6) is 0 Å². The molecule has 0 aromatic heterocycles. The van der Waals surface area contributed by atoms with Gasteiger partial charge >= 0.3 is 0 Å². The Bertz CT molecular complexity index is 459. The summed E-state index contributed by atoms with van der Waals surface area (Å²) in [7, 11) is 0. The average Bonchev–Trinajstić information content (AvgIpc) is 2.88. The van der Waals surface area contributed by atoms with E-state index in [2.05, 4.69) is 4.90 Å². The lowest BCUT2D eigenvalue weighted by molar-refractivity contribution is -0.119. The number of para-hydroxylation sites is 1. The van der Waals surface area contributed by atoms with Crippen molar-refractivity contribution in [3.05, 3.63) is 30.3 Å². The summed E-state index contributed by atoms with van der Waals surface area (Å²) in [6.45, 7) is 8.03. The first kappa shape index (κ1) is 16.0. The molecule has 2 rings (SSSR count). The van der Waals surface area contributed by atoms with E-state index in [0.717, 1.165) is 25.2 Å². The Morgan fingerprint density at radius 3 is 2.52 bits per heavy atom. The van der Waals surface area contributed by atoms with Crippen molar-refractivity contribution < 1.29 is 9.90 Å². The maximum absolute atomic E-state index is 12.6. The van der Waals surface area contributed by atoms with E-state index in [1.54, 1.807) is 0 Å². The Morgan fingerprint density at radius 1 is 1.33 bits per heavy atom. The van der Waals surface area contributed by atoms with Gasteiger partial charge in [0.25, 0.3) is 0 Å². The Labute approximate surface area is 127 Å². The van der Waals surface area contributed by atoms with E-state index in [4.69, 9.17) is 0 Å². The number of carbonyl (C=O) groups excluding carboxylic acids is 1. The second kappa shape index (κ2) is 7.05. The summed E-state index contributed by atoms with van der Waals surface area (Å²) in [6, 6.07) is 9.95. The van der Waals surface area contributed by atoms with Gasteiger partial charge in [0.2, 0.25) is 5.91 Å². The SMILES string of the molecule is CC(O)C1CCN(CC(=O)N(c2ccccc2)C(C)C)C1. The summed E-state index contributed by atoms with van der Waals surface area (Å²) in [6.07, 6.45) is 0.679.